The molecule has 0 spiro atoms. The summed E-state index contributed by atoms with van der Waals surface area (Å²) in [4.78, 5) is 14.5. The maximum Gasteiger partial charge on any atom is 0.243 e. The van der Waals surface area contributed by atoms with Gasteiger partial charge in [-0.05, 0) is 30.2 Å². The summed E-state index contributed by atoms with van der Waals surface area (Å²) in [6.45, 7) is 4.41. The van der Waals surface area contributed by atoms with Crippen molar-refractivity contribution in [2.24, 2.45) is 0 Å². The zero-order valence-electron chi connectivity index (χ0n) is 17.0. The van der Waals surface area contributed by atoms with Crippen LogP contribution in [0.4, 0.5) is 11.4 Å². The van der Waals surface area contributed by atoms with Crippen molar-refractivity contribution in [3.63, 3.8) is 0 Å². The summed E-state index contributed by atoms with van der Waals surface area (Å²) >= 11 is 0. The molecule has 0 heterocycles. The molecule has 0 aliphatic carbocycles. The number of sulfonamides is 1. The van der Waals surface area contributed by atoms with Crippen LogP contribution in [0, 0.1) is 0 Å². The molecule has 1 N–H and O–H groups in total. The quantitative estimate of drug-likeness (QED) is 0.697. The number of amides is 1. The molecule has 0 saturated heterocycles. The van der Waals surface area contributed by atoms with Gasteiger partial charge < -0.3 is 10.2 Å². The van der Waals surface area contributed by atoms with Gasteiger partial charge in [-0.3, -0.25) is 4.79 Å². The summed E-state index contributed by atoms with van der Waals surface area (Å²) in [5.41, 5.74) is 2.34. The highest BCUT2D eigenvalue weighted by Gasteiger charge is 2.23. The van der Waals surface area contributed by atoms with Gasteiger partial charge in [-0.15, -0.1) is 0 Å². The first-order valence-corrected chi connectivity index (χ1v) is 10.9. The van der Waals surface area contributed by atoms with E-state index in [1.54, 1.807) is 18.2 Å². The van der Waals surface area contributed by atoms with Crippen molar-refractivity contribution in [2.75, 3.05) is 37.4 Å². The van der Waals surface area contributed by atoms with Crippen molar-refractivity contribution in [1.29, 1.82) is 0 Å². The molecule has 152 valence electrons. The molecule has 2 aromatic rings. The zero-order valence-corrected chi connectivity index (χ0v) is 17.8. The smallest absolute Gasteiger partial charge is 0.243 e. The number of rotatable bonds is 9. The zero-order chi connectivity index (χ0) is 20.7. The minimum Gasteiger partial charge on any atom is -0.376 e. The van der Waals surface area contributed by atoms with Gasteiger partial charge in [-0.1, -0.05) is 44.2 Å². The average molecular weight is 404 g/mol. The lowest BCUT2D eigenvalue weighted by molar-refractivity contribution is -0.116. The van der Waals surface area contributed by atoms with E-state index >= 15 is 0 Å². The average Bonchev–Trinajstić information content (AvgIpc) is 2.67. The highest BCUT2D eigenvalue weighted by Crippen LogP contribution is 2.29. The Bertz CT molecular complexity index is 892. The summed E-state index contributed by atoms with van der Waals surface area (Å²) in [7, 11) is 0.116. The van der Waals surface area contributed by atoms with Gasteiger partial charge in [0.05, 0.1) is 16.3 Å². The van der Waals surface area contributed by atoms with Crippen LogP contribution in [0.2, 0.25) is 0 Å². The third-order valence-corrected chi connectivity index (χ3v) is 6.60. The minimum atomic E-state index is -3.59. The van der Waals surface area contributed by atoms with Gasteiger partial charge in [0.1, 0.15) is 0 Å². The number of carbonyl (C=O) groups excluding carboxylic acids is 1. The van der Waals surface area contributed by atoms with Gasteiger partial charge in [0.2, 0.25) is 15.9 Å². The van der Waals surface area contributed by atoms with Gasteiger partial charge in [-0.2, -0.15) is 4.31 Å². The summed E-state index contributed by atoms with van der Waals surface area (Å²) < 4.78 is 27.0. The maximum atomic E-state index is 12.8. The van der Waals surface area contributed by atoms with Gasteiger partial charge in [0.15, 0.2) is 0 Å². The molecule has 0 aliphatic rings. The first-order valence-electron chi connectivity index (χ1n) is 9.44. The van der Waals surface area contributed by atoms with E-state index in [4.69, 9.17) is 0 Å². The monoisotopic (exact) mass is 403 g/mol. The van der Waals surface area contributed by atoms with Crippen molar-refractivity contribution in [1.82, 2.24) is 4.31 Å². The maximum absolute atomic E-state index is 12.8. The topological polar surface area (TPSA) is 69.7 Å². The first-order chi connectivity index (χ1) is 13.3. The Morgan fingerprint density at radius 3 is 2.21 bits per heavy atom. The number of aryl methyl sites for hydroxylation is 1. The van der Waals surface area contributed by atoms with Gasteiger partial charge >= 0.3 is 0 Å². The number of nitrogens with one attached hydrogen (secondary N) is 1. The summed E-state index contributed by atoms with van der Waals surface area (Å²) in [5.74, 6) is -0.149. The lowest BCUT2D eigenvalue weighted by atomic mass is 10.1. The molecule has 2 rings (SSSR count). The SMILES string of the molecule is CCN(CC)S(=O)(=O)c1ccc(N(C)C)c(NC(=O)CCc2ccccc2)c1. The fourth-order valence-electron chi connectivity index (χ4n) is 2.99. The fourth-order valence-corrected chi connectivity index (χ4v) is 4.48. The fraction of sp³-hybridized carbons (Fsp3) is 0.381. The predicted molar refractivity (Wildman–Crippen MR) is 114 cm³/mol. The van der Waals surface area contributed by atoms with Crippen LogP contribution in [0.5, 0.6) is 0 Å². The molecule has 0 saturated carbocycles. The number of carbonyl (C=O) groups is 1. The second-order valence-corrected chi connectivity index (χ2v) is 8.63. The molecule has 0 unspecified atom stereocenters. The Morgan fingerprint density at radius 1 is 1.00 bits per heavy atom. The third kappa shape index (κ3) is 5.33. The van der Waals surface area contributed by atoms with E-state index in [1.807, 2.05) is 63.2 Å². The van der Waals surface area contributed by atoms with Gasteiger partial charge in [0, 0.05) is 33.6 Å². The van der Waals surface area contributed by atoms with E-state index in [9.17, 15) is 13.2 Å². The van der Waals surface area contributed by atoms with Gasteiger partial charge in [-0.25, -0.2) is 8.42 Å². The van der Waals surface area contributed by atoms with Crippen molar-refractivity contribution in [3.05, 3.63) is 54.1 Å². The molecular formula is C21H29N3O3S. The van der Waals surface area contributed by atoms with E-state index in [0.29, 0.717) is 31.6 Å². The molecule has 0 fully saturated rings. The van der Waals surface area contributed by atoms with Crippen molar-refractivity contribution in [3.8, 4) is 0 Å². The highest BCUT2D eigenvalue weighted by molar-refractivity contribution is 7.89. The molecule has 6 nitrogen and oxygen atoms in total. The van der Waals surface area contributed by atoms with E-state index in [1.165, 1.54) is 4.31 Å². The lowest BCUT2D eigenvalue weighted by Crippen LogP contribution is -2.30. The number of benzene rings is 2. The minimum absolute atomic E-state index is 0.149. The standard InChI is InChI=1S/C21H29N3O3S/c1-5-24(6-2)28(26,27)18-13-14-20(23(3)4)19(16-18)22-21(25)15-12-17-10-8-7-9-11-17/h7-11,13-14,16H,5-6,12,15H2,1-4H3,(H,22,25). The number of nitrogens with zero attached hydrogens (tertiary/aromatic N) is 2. The predicted octanol–water partition coefficient (Wildman–Crippen LogP) is 3.35. The molecule has 0 radical (unpaired) electrons. The van der Waals surface area contributed by atoms with Crippen LogP contribution in [0.15, 0.2) is 53.4 Å². The number of hydrogen-bond acceptors (Lipinski definition) is 4. The first kappa shape index (κ1) is 21.9. The Morgan fingerprint density at radius 2 is 1.64 bits per heavy atom. The number of anilines is 2. The second kappa shape index (κ2) is 9.71. The van der Waals surface area contributed by atoms with Crippen LogP contribution in [0.3, 0.4) is 0 Å². The number of hydrogen-bond donors (Lipinski definition) is 1. The Kier molecular flexibility index (Phi) is 7.60. The molecule has 2 aromatic carbocycles. The molecule has 1 amide bonds. The van der Waals surface area contributed by atoms with Crippen LogP contribution in [-0.2, 0) is 21.2 Å². The molecule has 7 heteroatoms. The normalized spacial score (nSPS) is 11.5. The summed E-state index contributed by atoms with van der Waals surface area (Å²) in [6.07, 6.45) is 0.950. The lowest BCUT2D eigenvalue weighted by Gasteiger charge is -2.22. The van der Waals surface area contributed by atoms with Crippen LogP contribution in [-0.4, -0.2) is 45.8 Å². The van der Waals surface area contributed by atoms with Crippen molar-refractivity contribution < 1.29 is 13.2 Å². The van der Waals surface area contributed by atoms with E-state index < -0.39 is 10.0 Å². The molecular weight excluding hydrogens is 374 g/mol. The highest BCUT2D eigenvalue weighted by atomic mass is 32.2. The molecule has 28 heavy (non-hydrogen) atoms. The van der Waals surface area contributed by atoms with Crippen LogP contribution < -0.4 is 10.2 Å². The Balaban J connectivity index is 2.24. The van der Waals surface area contributed by atoms with E-state index in [2.05, 4.69) is 5.32 Å². The van der Waals surface area contributed by atoms with E-state index in [-0.39, 0.29) is 10.8 Å². The van der Waals surface area contributed by atoms with Crippen LogP contribution in [0.25, 0.3) is 0 Å². The van der Waals surface area contributed by atoms with Gasteiger partial charge in [0.25, 0.3) is 0 Å². The second-order valence-electron chi connectivity index (χ2n) is 6.70. The van der Waals surface area contributed by atoms with Crippen LogP contribution in [0.1, 0.15) is 25.8 Å². The van der Waals surface area contributed by atoms with Crippen molar-refractivity contribution in [2.45, 2.75) is 31.6 Å². The van der Waals surface area contributed by atoms with Crippen molar-refractivity contribution >= 4 is 27.3 Å². The molecule has 0 bridgehead atoms. The third-order valence-electron chi connectivity index (χ3n) is 4.55. The van der Waals surface area contributed by atoms with Crippen LogP contribution >= 0.6 is 0 Å². The largest absolute Gasteiger partial charge is 0.376 e. The Labute approximate surface area is 168 Å². The molecule has 0 aliphatic heterocycles. The summed E-state index contributed by atoms with van der Waals surface area (Å²) in [6, 6.07) is 14.6. The molecule has 0 atom stereocenters. The molecule has 0 aromatic heterocycles. The van der Waals surface area contributed by atoms with E-state index in [0.717, 1.165) is 11.3 Å². The summed E-state index contributed by atoms with van der Waals surface area (Å²) in [5, 5.41) is 2.89. The Hall–Kier alpha value is -2.38.